The van der Waals surface area contributed by atoms with Crippen LogP contribution in [0.5, 0.6) is 0 Å². The number of likely N-dealkylation sites (N-methyl/N-ethyl adjacent to an activating group) is 1. The molecule has 1 fully saturated rings. The molecule has 2 aliphatic rings. The SMILES string of the molecule is CCCCn1c(N2CCCCC2)nc2c3c(ccc21)CCN(C)C3. The van der Waals surface area contributed by atoms with Gasteiger partial charge in [0.15, 0.2) is 0 Å². The van der Waals surface area contributed by atoms with E-state index in [0.717, 1.165) is 39.1 Å². The summed E-state index contributed by atoms with van der Waals surface area (Å²) in [5.41, 5.74) is 5.58. The van der Waals surface area contributed by atoms with Gasteiger partial charge in [0.1, 0.15) is 0 Å². The summed E-state index contributed by atoms with van der Waals surface area (Å²) in [7, 11) is 2.22. The lowest BCUT2D eigenvalue weighted by Gasteiger charge is -2.28. The Labute approximate surface area is 145 Å². The van der Waals surface area contributed by atoms with Crippen LogP contribution in [0.4, 0.5) is 5.95 Å². The standard InChI is InChI=1S/C20H30N4/c1-3-4-13-24-18-9-8-16-10-14-22(2)15-17(16)19(18)21-20(24)23-11-6-5-7-12-23/h8-9H,3-7,10-15H2,1-2H3. The lowest BCUT2D eigenvalue weighted by molar-refractivity contribution is 0.314. The number of hydrogen-bond acceptors (Lipinski definition) is 3. The number of aromatic nitrogens is 2. The molecule has 0 radical (unpaired) electrons. The Morgan fingerprint density at radius 2 is 1.92 bits per heavy atom. The highest BCUT2D eigenvalue weighted by Gasteiger charge is 2.23. The molecule has 4 nitrogen and oxygen atoms in total. The second-order valence-electron chi connectivity index (χ2n) is 7.52. The number of unbranched alkanes of at least 4 members (excludes halogenated alkanes) is 1. The second kappa shape index (κ2) is 6.75. The summed E-state index contributed by atoms with van der Waals surface area (Å²) in [5, 5.41) is 0. The number of benzene rings is 1. The van der Waals surface area contributed by atoms with Crippen LogP contribution in [0.25, 0.3) is 11.0 Å². The molecule has 1 aromatic carbocycles. The third-order valence-electron chi connectivity index (χ3n) is 5.67. The van der Waals surface area contributed by atoms with Gasteiger partial charge in [-0.1, -0.05) is 19.4 Å². The number of aryl methyl sites for hydroxylation is 1. The van der Waals surface area contributed by atoms with E-state index < -0.39 is 0 Å². The smallest absolute Gasteiger partial charge is 0.206 e. The molecule has 4 rings (SSSR count). The third kappa shape index (κ3) is 2.81. The Balaban J connectivity index is 1.82. The number of hydrogen-bond donors (Lipinski definition) is 0. The Bertz CT molecular complexity index is 712. The van der Waals surface area contributed by atoms with E-state index >= 15 is 0 Å². The number of nitrogens with zero attached hydrogens (tertiary/aromatic N) is 4. The van der Waals surface area contributed by atoms with E-state index in [-0.39, 0.29) is 0 Å². The predicted octanol–water partition coefficient (Wildman–Crippen LogP) is 3.81. The van der Waals surface area contributed by atoms with Gasteiger partial charge in [0.05, 0.1) is 11.0 Å². The van der Waals surface area contributed by atoms with Gasteiger partial charge in [-0.2, -0.15) is 0 Å². The molecular weight excluding hydrogens is 296 g/mol. The average Bonchev–Trinajstić information content (AvgIpc) is 2.99. The van der Waals surface area contributed by atoms with Crippen LogP contribution in [0.2, 0.25) is 0 Å². The highest BCUT2D eigenvalue weighted by molar-refractivity contribution is 5.83. The maximum atomic E-state index is 5.20. The van der Waals surface area contributed by atoms with E-state index in [2.05, 4.69) is 40.5 Å². The van der Waals surface area contributed by atoms with Crippen molar-refractivity contribution in [2.24, 2.45) is 0 Å². The third-order valence-corrected chi connectivity index (χ3v) is 5.67. The monoisotopic (exact) mass is 326 g/mol. The fraction of sp³-hybridized carbons (Fsp3) is 0.650. The molecule has 3 heterocycles. The van der Waals surface area contributed by atoms with E-state index in [9.17, 15) is 0 Å². The molecular formula is C20H30N4. The van der Waals surface area contributed by atoms with E-state index in [1.807, 2.05) is 0 Å². The average molecular weight is 326 g/mol. The van der Waals surface area contributed by atoms with E-state index in [0.29, 0.717) is 0 Å². The van der Waals surface area contributed by atoms with Gasteiger partial charge in [-0.05, 0) is 56.3 Å². The topological polar surface area (TPSA) is 24.3 Å². The number of anilines is 1. The molecule has 2 aliphatic heterocycles. The van der Waals surface area contributed by atoms with Gasteiger partial charge in [0.2, 0.25) is 5.95 Å². The van der Waals surface area contributed by atoms with Crippen LogP contribution in [0.15, 0.2) is 12.1 Å². The van der Waals surface area contributed by atoms with Crippen LogP contribution < -0.4 is 4.90 Å². The van der Waals surface area contributed by atoms with Crippen molar-refractivity contribution in [2.75, 3.05) is 31.6 Å². The van der Waals surface area contributed by atoms with Crippen molar-refractivity contribution in [1.29, 1.82) is 0 Å². The van der Waals surface area contributed by atoms with Gasteiger partial charge < -0.3 is 14.4 Å². The van der Waals surface area contributed by atoms with Crippen molar-refractivity contribution in [2.45, 2.75) is 58.5 Å². The minimum absolute atomic E-state index is 1.04. The normalized spacial score (nSPS) is 19.0. The first-order chi connectivity index (χ1) is 11.8. The Kier molecular flexibility index (Phi) is 4.49. The molecule has 4 heteroatoms. The molecule has 0 atom stereocenters. The summed E-state index contributed by atoms with van der Waals surface area (Å²) in [6.07, 6.45) is 7.58. The molecule has 2 aromatic rings. The largest absolute Gasteiger partial charge is 0.342 e. The fourth-order valence-corrected chi connectivity index (χ4v) is 4.22. The van der Waals surface area contributed by atoms with Crippen molar-refractivity contribution < 1.29 is 0 Å². The fourth-order valence-electron chi connectivity index (χ4n) is 4.22. The Morgan fingerprint density at radius 3 is 2.71 bits per heavy atom. The zero-order chi connectivity index (χ0) is 16.5. The quantitative estimate of drug-likeness (QED) is 0.854. The molecule has 0 amide bonds. The first kappa shape index (κ1) is 15.9. The summed E-state index contributed by atoms with van der Waals surface area (Å²) in [4.78, 5) is 10.1. The number of rotatable bonds is 4. The molecule has 0 saturated carbocycles. The molecule has 24 heavy (non-hydrogen) atoms. The highest BCUT2D eigenvalue weighted by atomic mass is 15.3. The molecule has 0 unspecified atom stereocenters. The number of imidazole rings is 1. The van der Waals surface area contributed by atoms with Crippen molar-refractivity contribution in [1.82, 2.24) is 14.5 Å². The molecule has 130 valence electrons. The van der Waals surface area contributed by atoms with Crippen LogP contribution in [-0.2, 0) is 19.5 Å². The Hall–Kier alpha value is -1.55. The first-order valence-electron chi connectivity index (χ1n) is 9.72. The van der Waals surface area contributed by atoms with Gasteiger partial charge in [0, 0.05) is 32.7 Å². The van der Waals surface area contributed by atoms with Gasteiger partial charge in [-0.15, -0.1) is 0 Å². The summed E-state index contributed by atoms with van der Waals surface area (Å²) >= 11 is 0. The maximum absolute atomic E-state index is 5.20. The minimum atomic E-state index is 1.04. The molecule has 1 saturated heterocycles. The zero-order valence-corrected chi connectivity index (χ0v) is 15.2. The van der Waals surface area contributed by atoms with Crippen LogP contribution in [0.1, 0.15) is 50.2 Å². The maximum Gasteiger partial charge on any atom is 0.206 e. The number of piperidine rings is 1. The number of fused-ring (bicyclic) bond motifs is 3. The Morgan fingerprint density at radius 1 is 1.08 bits per heavy atom. The van der Waals surface area contributed by atoms with E-state index in [4.69, 9.17) is 4.98 Å². The van der Waals surface area contributed by atoms with Crippen molar-refractivity contribution in [3.8, 4) is 0 Å². The predicted molar refractivity (Wildman–Crippen MR) is 101 cm³/mol. The van der Waals surface area contributed by atoms with Crippen LogP contribution in [-0.4, -0.2) is 41.1 Å². The van der Waals surface area contributed by atoms with E-state index in [1.54, 1.807) is 0 Å². The zero-order valence-electron chi connectivity index (χ0n) is 15.2. The van der Waals surface area contributed by atoms with Crippen molar-refractivity contribution in [3.05, 3.63) is 23.3 Å². The van der Waals surface area contributed by atoms with E-state index in [1.165, 1.54) is 60.2 Å². The van der Waals surface area contributed by atoms with Crippen LogP contribution in [0, 0.1) is 0 Å². The summed E-state index contributed by atoms with van der Waals surface area (Å²) in [5.74, 6) is 1.22. The highest BCUT2D eigenvalue weighted by Crippen LogP contribution is 2.31. The van der Waals surface area contributed by atoms with Crippen LogP contribution in [0.3, 0.4) is 0 Å². The van der Waals surface area contributed by atoms with Crippen molar-refractivity contribution >= 4 is 17.0 Å². The summed E-state index contributed by atoms with van der Waals surface area (Å²) in [6, 6.07) is 4.68. The molecule has 0 aliphatic carbocycles. The lowest BCUT2D eigenvalue weighted by Crippen LogP contribution is -2.32. The van der Waals surface area contributed by atoms with Crippen molar-refractivity contribution in [3.63, 3.8) is 0 Å². The second-order valence-corrected chi connectivity index (χ2v) is 7.52. The van der Waals surface area contributed by atoms with Gasteiger partial charge in [0.25, 0.3) is 0 Å². The molecule has 0 N–H and O–H groups in total. The minimum Gasteiger partial charge on any atom is -0.342 e. The van der Waals surface area contributed by atoms with Gasteiger partial charge >= 0.3 is 0 Å². The summed E-state index contributed by atoms with van der Waals surface area (Å²) < 4.78 is 2.50. The molecule has 0 spiro atoms. The summed E-state index contributed by atoms with van der Waals surface area (Å²) in [6.45, 7) is 7.89. The lowest BCUT2D eigenvalue weighted by atomic mass is 9.98. The van der Waals surface area contributed by atoms with Crippen LogP contribution >= 0.6 is 0 Å². The molecule has 0 bridgehead atoms. The molecule has 1 aromatic heterocycles. The van der Waals surface area contributed by atoms with Gasteiger partial charge in [-0.25, -0.2) is 4.98 Å². The first-order valence-corrected chi connectivity index (χ1v) is 9.72. The van der Waals surface area contributed by atoms with Gasteiger partial charge in [-0.3, -0.25) is 0 Å².